The smallest absolute Gasteiger partial charge is 0.267 e. The summed E-state index contributed by atoms with van der Waals surface area (Å²) in [7, 11) is 0. The SMILES string of the molecule is CC(C)n1cc(Br)cc1C(=O)NCC1CCCCC1. The molecule has 0 aromatic carbocycles. The number of halogens is 1. The molecule has 1 aromatic rings. The number of aromatic nitrogens is 1. The fraction of sp³-hybridized carbons (Fsp3) is 0.667. The summed E-state index contributed by atoms with van der Waals surface area (Å²) in [4.78, 5) is 12.3. The Balaban J connectivity index is 1.95. The van der Waals surface area contributed by atoms with Crippen molar-refractivity contribution in [3.05, 3.63) is 22.4 Å². The van der Waals surface area contributed by atoms with E-state index in [9.17, 15) is 4.79 Å². The summed E-state index contributed by atoms with van der Waals surface area (Å²) in [5, 5.41) is 3.10. The average molecular weight is 327 g/mol. The van der Waals surface area contributed by atoms with Crippen molar-refractivity contribution in [2.75, 3.05) is 6.54 Å². The predicted octanol–water partition coefficient (Wildman–Crippen LogP) is 4.14. The van der Waals surface area contributed by atoms with E-state index >= 15 is 0 Å². The maximum Gasteiger partial charge on any atom is 0.267 e. The first-order valence-electron chi connectivity index (χ1n) is 7.23. The zero-order chi connectivity index (χ0) is 13.8. The second kappa shape index (κ2) is 6.60. The lowest BCUT2D eigenvalue weighted by atomic mass is 9.89. The highest BCUT2D eigenvalue weighted by Gasteiger charge is 2.18. The third-order valence-corrected chi connectivity index (χ3v) is 4.31. The second-order valence-corrected chi connectivity index (χ2v) is 6.67. The van der Waals surface area contributed by atoms with Gasteiger partial charge in [0.15, 0.2) is 0 Å². The number of nitrogens with zero attached hydrogens (tertiary/aromatic N) is 1. The third-order valence-electron chi connectivity index (χ3n) is 3.88. The van der Waals surface area contributed by atoms with Gasteiger partial charge in [0.05, 0.1) is 0 Å². The molecule has 0 aliphatic heterocycles. The lowest BCUT2D eigenvalue weighted by molar-refractivity contribution is 0.0933. The Kier molecular flexibility index (Phi) is 5.08. The molecule has 0 atom stereocenters. The normalized spacial score (nSPS) is 16.8. The summed E-state index contributed by atoms with van der Waals surface area (Å²) in [5.41, 5.74) is 0.748. The maximum atomic E-state index is 12.3. The Morgan fingerprint density at radius 2 is 2.11 bits per heavy atom. The maximum absolute atomic E-state index is 12.3. The summed E-state index contributed by atoms with van der Waals surface area (Å²) < 4.78 is 2.98. The molecule has 1 aromatic heterocycles. The van der Waals surface area contributed by atoms with Gasteiger partial charge >= 0.3 is 0 Å². The number of nitrogens with one attached hydrogen (secondary N) is 1. The monoisotopic (exact) mass is 326 g/mol. The van der Waals surface area contributed by atoms with E-state index in [1.807, 2.05) is 16.8 Å². The van der Waals surface area contributed by atoms with E-state index in [1.54, 1.807) is 0 Å². The Morgan fingerprint density at radius 3 is 2.74 bits per heavy atom. The first-order valence-corrected chi connectivity index (χ1v) is 8.03. The van der Waals surface area contributed by atoms with Crippen molar-refractivity contribution in [1.29, 1.82) is 0 Å². The van der Waals surface area contributed by atoms with Gasteiger partial charge in [0, 0.05) is 23.3 Å². The van der Waals surface area contributed by atoms with Crippen LogP contribution in [0.3, 0.4) is 0 Å². The first-order chi connectivity index (χ1) is 9.08. The molecule has 1 amide bonds. The van der Waals surface area contributed by atoms with E-state index in [4.69, 9.17) is 0 Å². The van der Waals surface area contributed by atoms with Crippen LogP contribution in [-0.2, 0) is 0 Å². The highest BCUT2D eigenvalue weighted by Crippen LogP contribution is 2.23. The van der Waals surface area contributed by atoms with Crippen LogP contribution in [0, 0.1) is 5.92 Å². The van der Waals surface area contributed by atoms with Gasteiger partial charge in [-0.3, -0.25) is 4.79 Å². The highest BCUT2D eigenvalue weighted by atomic mass is 79.9. The molecule has 1 N–H and O–H groups in total. The van der Waals surface area contributed by atoms with Crippen LogP contribution in [-0.4, -0.2) is 17.0 Å². The van der Waals surface area contributed by atoms with Gasteiger partial charge in [-0.05, 0) is 54.6 Å². The predicted molar refractivity (Wildman–Crippen MR) is 81.4 cm³/mol. The molecule has 19 heavy (non-hydrogen) atoms. The number of carbonyl (C=O) groups is 1. The molecular formula is C15H23BrN2O. The standard InChI is InChI=1S/C15H23BrN2O/c1-11(2)18-10-13(16)8-14(18)15(19)17-9-12-6-4-3-5-7-12/h8,10-12H,3-7,9H2,1-2H3,(H,17,19). The lowest BCUT2D eigenvalue weighted by Gasteiger charge is -2.22. The molecule has 0 bridgehead atoms. The molecule has 4 heteroatoms. The molecule has 2 rings (SSSR count). The van der Waals surface area contributed by atoms with Gasteiger partial charge in [0.2, 0.25) is 0 Å². The van der Waals surface area contributed by atoms with Gasteiger partial charge in [-0.1, -0.05) is 19.3 Å². The van der Waals surface area contributed by atoms with Gasteiger partial charge in [-0.25, -0.2) is 0 Å². The average Bonchev–Trinajstić information content (AvgIpc) is 2.79. The van der Waals surface area contributed by atoms with E-state index in [0.717, 1.165) is 16.7 Å². The largest absolute Gasteiger partial charge is 0.350 e. The van der Waals surface area contributed by atoms with E-state index in [-0.39, 0.29) is 5.91 Å². The zero-order valence-electron chi connectivity index (χ0n) is 11.8. The Bertz CT molecular complexity index is 433. The molecule has 0 unspecified atom stereocenters. The summed E-state index contributed by atoms with van der Waals surface area (Å²) >= 11 is 3.45. The third kappa shape index (κ3) is 3.85. The lowest BCUT2D eigenvalue weighted by Crippen LogP contribution is -2.31. The quantitative estimate of drug-likeness (QED) is 0.886. The Morgan fingerprint density at radius 1 is 1.42 bits per heavy atom. The van der Waals surface area contributed by atoms with Crippen LogP contribution in [0.4, 0.5) is 0 Å². The van der Waals surface area contributed by atoms with Crippen molar-refractivity contribution < 1.29 is 4.79 Å². The molecule has 1 fully saturated rings. The molecule has 1 aliphatic carbocycles. The van der Waals surface area contributed by atoms with Crippen LogP contribution in [0.2, 0.25) is 0 Å². The van der Waals surface area contributed by atoms with Crippen molar-refractivity contribution in [1.82, 2.24) is 9.88 Å². The summed E-state index contributed by atoms with van der Waals surface area (Å²) in [5.74, 6) is 0.716. The van der Waals surface area contributed by atoms with Crippen LogP contribution in [0.25, 0.3) is 0 Å². The van der Waals surface area contributed by atoms with E-state index in [0.29, 0.717) is 12.0 Å². The Labute approximate surface area is 123 Å². The molecule has 0 spiro atoms. The Hall–Kier alpha value is -0.770. The molecule has 1 saturated carbocycles. The van der Waals surface area contributed by atoms with Gasteiger partial charge in [-0.2, -0.15) is 0 Å². The fourth-order valence-corrected chi connectivity index (χ4v) is 3.21. The minimum absolute atomic E-state index is 0.0463. The van der Waals surface area contributed by atoms with Crippen molar-refractivity contribution >= 4 is 21.8 Å². The molecular weight excluding hydrogens is 304 g/mol. The fourth-order valence-electron chi connectivity index (χ4n) is 2.77. The van der Waals surface area contributed by atoms with E-state index < -0.39 is 0 Å². The topological polar surface area (TPSA) is 34.0 Å². The van der Waals surface area contributed by atoms with Crippen LogP contribution >= 0.6 is 15.9 Å². The second-order valence-electron chi connectivity index (χ2n) is 5.76. The molecule has 3 nitrogen and oxygen atoms in total. The van der Waals surface area contributed by atoms with Gasteiger partial charge in [0.25, 0.3) is 5.91 Å². The summed E-state index contributed by atoms with van der Waals surface area (Å²) in [6.07, 6.45) is 8.47. The molecule has 106 valence electrons. The number of carbonyl (C=O) groups excluding carboxylic acids is 1. The van der Waals surface area contributed by atoms with E-state index in [2.05, 4.69) is 35.1 Å². The van der Waals surface area contributed by atoms with Crippen LogP contribution in [0.1, 0.15) is 62.5 Å². The number of hydrogen-bond donors (Lipinski definition) is 1. The van der Waals surface area contributed by atoms with Crippen LogP contribution < -0.4 is 5.32 Å². The van der Waals surface area contributed by atoms with Gasteiger partial charge in [0.1, 0.15) is 5.69 Å². The van der Waals surface area contributed by atoms with E-state index in [1.165, 1.54) is 32.1 Å². The van der Waals surface area contributed by atoms with Crippen molar-refractivity contribution in [3.63, 3.8) is 0 Å². The highest BCUT2D eigenvalue weighted by molar-refractivity contribution is 9.10. The zero-order valence-corrected chi connectivity index (χ0v) is 13.4. The number of hydrogen-bond acceptors (Lipinski definition) is 1. The summed E-state index contributed by atoms with van der Waals surface area (Å²) in [6, 6.07) is 2.19. The molecule has 1 heterocycles. The molecule has 1 aliphatic rings. The van der Waals surface area contributed by atoms with Crippen LogP contribution in [0.5, 0.6) is 0 Å². The number of rotatable bonds is 4. The summed E-state index contributed by atoms with van der Waals surface area (Å²) in [6.45, 7) is 4.99. The van der Waals surface area contributed by atoms with Crippen molar-refractivity contribution in [3.8, 4) is 0 Å². The van der Waals surface area contributed by atoms with Crippen LogP contribution in [0.15, 0.2) is 16.7 Å². The number of amides is 1. The minimum Gasteiger partial charge on any atom is -0.350 e. The van der Waals surface area contributed by atoms with Crippen molar-refractivity contribution in [2.45, 2.75) is 52.0 Å². The molecule has 0 saturated heterocycles. The van der Waals surface area contributed by atoms with Gasteiger partial charge in [-0.15, -0.1) is 0 Å². The van der Waals surface area contributed by atoms with Crippen molar-refractivity contribution in [2.24, 2.45) is 5.92 Å². The first kappa shape index (κ1) is 14.6. The van der Waals surface area contributed by atoms with Gasteiger partial charge < -0.3 is 9.88 Å². The minimum atomic E-state index is 0.0463. The molecule has 0 radical (unpaired) electrons.